The lowest BCUT2D eigenvalue weighted by Gasteiger charge is -2.08. The van der Waals surface area contributed by atoms with Crippen molar-refractivity contribution in [2.75, 3.05) is 0 Å². The van der Waals surface area contributed by atoms with Crippen LogP contribution in [0.3, 0.4) is 0 Å². The third kappa shape index (κ3) is 3.07. The zero-order chi connectivity index (χ0) is 8.15. The number of allylic oxidation sites excluding steroid dienone is 3. The smallest absolute Gasteiger partial charge is 0.0579 e. The van der Waals surface area contributed by atoms with Crippen molar-refractivity contribution < 1.29 is 0 Å². The number of halogens is 1. The summed E-state index contributed by atoms with van der Waals surface area (Å²) in [4.78, 5) is 0. The van der Waals surface area contributed by atoms with Gasteiger partial charge in [-0.2, -0.15) is 0 Å². The molecule has 0 amide bonds. The van der Waals surface area contributed by atoms with E-state index >= 15 is 0 Å². The SMILES string of the molecule is C=CCC(Cl)C(C)=C(C)C. The van der Waals surface area contributed by atoms with Crippen LogP contribution in [0.4, 0.5) is 0 Å². The van der Waals surface area contributed by atoms with Gasteiger partial charge in [-0.15, -0.1) is 18.2 Å². The maximum Gasteiger partial charge on any atom is 0.0579 e. The Hall–Kier alpha value is -0.230. The molecule has 0 aliphatic heterocycles. The number of hydrogen-bond donors (Lipinski definition) is 0. The summed E-state index contributed by atoms with van der Waals surface area (Å²) in [5.41, 5.74) is 2.57. The predicted octanol–water partition coefficient (Wildman–Crippen LogP) is 3.53. The van der Waals surface area contributed by atoms with Crippen molar-refractivity contribution in [2.24, 2.45) is 0 Å². The molecule has 0 aliphatic carbocycles. The Balaban J connectivity index is 4.06. The fourth-order valence-electron chi connectivity index (χ4n) is 0.636. The maximum absolute atomic E-state index is 6.00. The average Bonchev–Trinajstić information content (AvgIpc) is 1.87. The molecule has 58 valence electrons. The fraction of sp³-hybridized carbons (Fsp3) is 0.556. The van der Waals surface area contributed by atoms with Crippen molar-refractivity contribution >= 4 is 11.6 Å². The molecule has 0 N–H and O–H groups in total. The van der Waals surface area contributed by atoms with Crippen LogP contribution in [-0.4, -0.2) is 5.38 Å². The Morgan fingerprint density at radius 2 is 2.00 bits per heavy atom. The summed E-state index contributed by atoms with van der Waals surface area (Å²) in [6, 6.07) is 0. The van der Waals surface area contributed by atoms with Gasteiger partial charge in [-0.25, -0.2) is 0 Å². The van der Waals surface area contributed by atoms with Crippen LogP contribution in [-0.2, 0) is 0 Å². The summed E-state index contributed by atoms with van der Waals surface area (Å²) in [5.74, 6) is 0. The molecule has 0 radical (unpaired) electrons. The van der Waals surface area contributed by atoms with Gasteiger partial charge in [0.1, 0.15) is 0 Å². The highest BCUT2D eigenvalue weighted by molar-refractivity contribution is 6.22. The lowest BCUT2D eigenvalue weighted by atomic mass is 10.1. The van der Waals surface area contributed by atoms with Crippen molar-refractivity contribution in [3.63, 3.8) is 0 Å². The lowest BCUT2D eigenvalue weighted by molar-refractivity contribution is 0.964. The first kappa shape index (κ1) is 9.77. The normalized spacial score (nSPS) is 12.4. The van der Waals surface area contributed by atoms with Crippen LogP contribution in [0.1, 0.15) is 27.2 Å². The largest absolute Gasteiger partial charge is 0.118 e. The molecule has 10 heavy (non-hydrogen) atoms. The van der Waals surface area contributed by atoms with E-state index in [-0.39, 0.29) is 5.38 Å². The van der Waals surface area contributed by atoms with Crippen LogP contribution >= 0.6 is 11.6 Å². The van der Waals surface area contributed by atoms with Crippen LogP contribution in [0.15, 0.2) is 23.8 Å². The molecule has 0 rings (SSSR count). The van der Waals surface area contributed by atoms with E-state index in [4.69, 9.17) is 11.6 Å². The minimum atomic E-state index is 0.141. The molecular formula is C9H15Cl. The summed E-state index contributed by atoms with van der Waals surface area (Å²) >= 11 is 6.00. The van der Waals surface area contributed by atoms with E-state index in [1.807, 2.05) is 6.08 Å². The molecule has 1 heteroatoms. The van der Waals surface area contributed by atoms with Crippen LogP contribution in [0.5, 0.6) is 0 Å². The Labute approximate surface area is 68.6 Å². The van der Waals surface area contributed by atoms with Crippen LogP contribution in [0.2, 0.25) is 0 Å². The van der Waals surface area contributed by atoms with Gasteiger partial charge in [0.05, 0.1) is 5.38 Å². The van der Waals surface area contributed by atoms with E-state index in [9.17, 15) is 0 Å². The molecule has 1 atom stereocenters. The van der Waals surface area contributed by atoms with Crippen molar-refractivity contribution in [3.05, 3.63) is 23.8 Å². The third-order valence-corrected chi connectivity index (χ3v) is 2.14. The monoisotopic (exact) mass is 158 g/mol. The molecule has 0 saturated heterocycles. The van der Waals surface area contributed by atoms with Gasteiger partial charge in [-0.3, -0.25) is 0 Å². The van der Waals surface area contributed by atoms with Gasteiger partial charge in [0, 0.05) is 0 Å². The van der Waals surface area contributed by atoms with Gasteiger partial charge < -0.3 is 0 Å². The molecule has 0 aromatic heterocycles. The first-order chi connectivity index (χ1) is 4.59. The highest BCUT2D eigenvalue weighted by Gasteiger charge is 2.04. The maximum atomic E-state index is 6.00. The predicted molar refractivity (Wildman–Crippen MR) is 48.5 cm³/mol. The zero-order valence-corrected chi connectivity index (χ0v) is 7.70. The average molecular weight is 159 g/mol. The summed E-state index contributed by atoms with van der Waals surface area (Å²) < 4.78 is 0. The van der Waals surface area contributed by atoms with Crippen LogP contribution in [0, 0.1) is 0 Å². The second-order valence-electron chi connectivity index (χ2n) is 2.67. The molecule has 0 aromatic carbocycles. The molecule has 1 unspecified atom stereocenters. The van der Waals surface area contributed by atoms with Crippen molar-refractivity contribution in [1.29, 1.82) is 0 Å². The first-order valence-electron chi connectivity index (χ1n) is 3.48. The Morgan fingerprint density at radius 3 is 2.30 bits per heavy atom. The molecule has 0 aromatic rings. The summed E-state index contributed by atoms with van der Waals surface area (Å²) in [6.07, 6.45) is 2.71. The molecular weight excluding hydrogens is 144 g/mol. The number of hydrogen-bond acceptors (Lipinski definition) is 0. The molecule has 0 heterocycles. The molecule has 0 fully saturated rings. The molecule has 0 nitrogen and oxygen atoms in total. The minimum absolute atomic E-state index is 0.141. The van der Waals surface area contributed by atoms with E-state index in [0.717, 1.165) is 6.42 Å². The topological polar surface area (TPSA) is 0 Å². The van der Waals surface area contributed by atoms with Gasteiger partial charge in [-0.05, 0) is 27.2 Å². The summed E-state index contributed by atoms with van der Waals surface area (Å²) in [6.45, 7) is 9.86. The van der Waals surface area contributed by atoms with E-state index in [2.05, 4.69) is 27.4 Å². The van der Waals surface area contributed by atoms with Crippen LogP contribution < -0.4 is 0 Å². The first-order valence-corrected chi connectivity index (χ1v) is 3.92. The standard InChI is InChI=1S/C9H15Cl/c1-5-6-9(10)8(4)7(2)3/h5,9H,1,6H2,2-4H3. The van der Waals surface area contributed by atoms with E-state index in [1.165, 1.54) is 11.1 Å². The van der Waals surface area contributed by atoms with Gasteiger partial charge in [0.2, 0.25) is 0 Å². The van der Waals surface area contributed by atoms with E-state index in [0.29, 0.717) is 0 Å². The van der Waals surface area contributed by atoms with Crippen molar-refractivity contribution in [2.45, 2.75) is 32.6 Å². The van der Waals surface area contributed by atoms with Crippen molar-refractivity contribution in [3.8, 4) is 0 Å². The molecule has 0 spiro atoms. The highest BCUT2D eigenvalue weighted by atomic mass is 35.5. The fourth-order valence-corrected chi connectivity index (χ4v) is 0.981. The van der Waals surface area contributed by atoms with Gasteiger partial charge in [-0.1, -0.05) is 17.2 Å². The molecule has 0 bridgehead atoms. The van der Waals surface area contributed by atoms with Gasteiger partial charge in [0.15, 0.2) is 0 Å². The Bertz CT molecular complexity index is 141. The lowest BCUT2D eigenvalue weighted by Crippen LogP contribution is -1.99. The van der Waals surface area contributed by atoms with E-state index < -0.39 is 0 Å². The van der Waals surface area contributed by atoms with Crippen molar-refractivity contribution in [1.82, 2.24) is 0 Å². The third-order valence-electron chi connectivity index (χ3n) is 1.63. The number of alkyl halides is 1. The second-order valence-corrected chi connectivity index (χ2v) is 3.20. The highest BCUT2D eigenvalue weighted by Crippen LogP contribution is 2.16. The Morgan fingerprint density at radius 1 is 1.50 bits per heavy atom. The quantitative estimate of drug-likeness (QED) is 0.436. The van der Waals surface area contributed by atoms with Gasteiger partial charge >= 0.3 is 0 Å². The van der Waals surface area contributed by atoms with Crippen LogP contribution in [0.25, 0.3) is 0 Å². The molecule has 0 aliphatic rings. The molecule has 0 saturated carbocycles. The zero-order valence-electron chi connectivity index (χ0n) is 6.95. The summed E-state index contributed by atoms with van der Waals surface area (Å²) in [5, 5.41) is 0.141. The summed E-state index contributed by atoms with van der Waals surface area (Å²) in [7, 11) is 0. The minimum Gasteiger partial charge on any atom is -0.118 e. The second kappa shape index (κ2) is 4.56. The van der Waals surface area contributed by atoms with E-state index in [1.54, 1.807) is 0 Å². The van der Waals surface area contributed by atoms with Gasteiger partial charge in [0.25, 0.3) is 0 Å². The number of rotatable bonds is 3. The Kier molecular flexibility index (Phi) is 4.46.